The van der Waals surface area contributed by atoms with Gasteiger partial charge in [0.25, 0.3) is 17.8 Å². The van der Waals surface area contributed by atoms with Crippen LogP contribution in [0.1, 0.15) is 35.5 Å². The number of nitrogens with one attached hydrogen (secondary N) is 1. The molecule has 2 heterocycles. The van der Waals surface area contributed by atoms with E-state index in [0.717, 1.165) is 29.9 Å². The minimum atomic E-state index is -4.63. The number of alkyl halides is 5. The molecule has 1 amide bonds. The van der Waals surface area contributed by atoms with Gasteiger partial charge in [-0.2, -0.15) is 26.9 Å². The van der Waals surface area contributed by atoms with Gasteiger partial charge in [0, 0.05) is 25.8 Å². The average molecular weight is 488 g/mol. The first kappa shape index (κ1) is 24.0. The molecule has 2 aromatic rings. The molecule has 1 saturated heterocycles. The molecule has 1 atom stereocenters. The number of hydrogen-bond acceptors (Lipinski definition) is 5. The highest BCUT2D eigenvalue weighted by Crippen LogP contribution is 2.36. The molecule has 0 bridgehead atoms. The van der Waals surface area contributed by atoms with Crippen molar-refractivity contribution < 1.29 is 35.6 Å². The summed E-state index contributed by atoms with van der Waals surface area (Å²) in [5.74, 6) is -5.64. The molecule has 1 aliphatic carbocycles. The van der Waals surface area contributed by atoms with Crippen LogP contribution in [0.5, 0.6) is 0 Å². The smallest absolute Gasteiger partial charge is 0.396 e. The van der Waals surface area contributed by atoms with Gasteiger partial charge in [0.15, 0.2) is 5.69 Å². The monoisotopic (exact) mass is 488 g/mol. The minimum absolute atomic E-state index is 0.0366. The van der Waals surface area contributed by atoms with Gasteiger partial charge in [0.05, 0.1) is 11.7 Å². The van der Waals surface area contributed by atoms with E-state index in [1.807, 2.05) is 0 Å². The Kier molecular flexibility index (Phi) is 6.26. The van der Waals surface area contributed by atoms with Gasteiger partial charge < -0.3 is 19.5 Å². The first-order valence-corrected chi connectivity index (χ1v) is 10.7. The molecule has 4 rings (SSSR count). The van der Waals surface area contributed by atoms with Gasteiger partial charge in [0.1, 0.15) is 18.0 Å². The maximum atomic E-state index is 14.7. The summed E-state index contributed by atoms with van der Waals surface area (Å²) >= 11 is 0. The summed E-state index contributed by atoms with van der Waals surface area (Å²) in [4.78, 5) is 19.4. The molecule has 1 aliphatic heterocycles. The predicted molar refractivity (Wildman–Crippen MR) is 113 cm³/mol. The van der Waals surface area contributed by atoms with Crippen LogP contribution >= 0.6 is 0 Å². The van der Waals surface area contributed by atoms with E-state index in [2.05, 4.69) is 10.3 Å². The van der Waals surface area contributed by atoms with Crippen LogP contribution in [0.25, 0.3) is 0 Å². The lowest BCUT2D eigenvalue weighted by atomic mass is 10.1. The summed E-state index contributed by atoms with van der Waals surface area (Å²) in [6.45, 7) is 1.09. The number of carbonyl (C=O) groups is 1. The van der Waals surface area contributed by atoms with Gasteiger partial charge in [0.2, 0.25) is 0 Å². The molecule has 1 aromatic carbocycles. The SMILES string of the molecule is CN(c1ccc(NC(=O)c2nc(N3CCCC3)oc2CC(F)(F)F)cc1F)C1CC=CC1(F)F. The number of carbonyl (C=O) groups excluding carboxylic acids is 1. The van der Waals surface area contributed by atoms with Crippen molar-refractivity contribution in [3.8, 4) is 0 Å². The van der Waals surface area contributed by atoms with E-state index in [4.69, 9.17) is 4.42 Å². The lowest BCUT2D eigenvalue weighted by molar-refractivity contribution is -0.130. The fourth-order valence-corrected chi connectivity index (χ4v) is 4.13. The number of oxazole rings is 1. The summed E-state index contributed by atoms with van der Waals surface area (Å²) in [5, 5.41) is 2.31. The van der Waals surface area contributed by atoms with E-state index in [0.29, 0.717) is 13.1 Å². The molecule has 1 N–H and O–H groups in total. The zero-order chi connectivity index (χ0) is 24.7. The van der Waals surface area contributed by atoms with Gasteiger partial charge >= 0.3 is 6.18 Å². The largest absolute Gasteiger partial charge is 0.427 e. The molecule has 2 aliphatic rings. The minimum Gasteiger partial charge on any atom is -0.427 e. The number of anilines is 3. The molecule has 184 valence electrons. The average Bonchev–Trinajstić information content (AvgIpc) is 3.46. The van der Waals surface area contributed by atoms with Crippen molar-refractivity contribution in [1.82, 2.24) is 4.98 Å². The lowest BCUT2D eigenvalue weighted by Gasteiger charge is -2.31. The summed E-state index contributed by atoms with van der Waals surface area (Å²) in [7, 11) is 1.33. The molecule has 6 nitrogen and oxygen atoms in total. The van der Waals surface area contributed by atoms with Crippen LogP contribution in [0.4, 0.5) is 43.7 Å². The predicted octanol–water partition coefficient (Wildman–Crippen LogP) is 5.17. The summed E-state index contributed by atoms with van der Waals surface area (Å²) < 4.78 is 87.0. The molecule has 1 unspecified atom stereocenters. The number of halogens is 6. The molecule has 0 spiro atoms. The Morgan fingerprint density at radius 3 is 2.59 bits per heavy atom. The van der Waals surface area contributed by atoms with Crippen LogP contribution in [0.15, 0.2) is 34.8 Å². The maximum Gasteiger partial charge on any atom is 0.396 e. The van der Waals surface area contributed by atoms with Crippen LogP contribution in [-0.2, 0) is 6.42 Å². The Morgan fingerprint density at radius 2 is 2.00 bits per heavy atom. The quantitative estimate of drug-likeness (QED) is 0.449. The number of benzene rings is 1. The molecule has 1 fully saturated rings. The third-order valence-corrected chi connectivity index (χ3v) is 5.84. The summed E-state index contributed by atoms with van der Waals surface area (Å²) in [6, 6.07) is 2.07. The zero-order valence-electron chi connectivity index (χ0n) is 18.1. The van der Waals surface area contributed by atoms with Crippen LogP contribution in [0.2, 0.25) is 0 Å². The number of aromatic nitrogens is 1. The Morgan fingerprint density at radius 1 is 1.29 bits per heavy atom. The van der Waals surface area contributed by atoms with Crippen molar-refractivity contribution in [2.75, 3.05) is 35.3 Å². The molecule has 34 heavy (non-hydrogen) atoms. The Labute approximate surface area is 191 Å². The number of rotatable bonds is 6. The highest BCUT2D eigenvalue weighted by Gasteiger charge is 2.43. The first-order chi connectivity index (χ1) is 15.9. The summed E-state index contributed by atoms with van der Waals surface area (Å²) in [6.07, 6.45) is -2.35. The van der Waals surface area contributed by atoms with Crippen LogP contribution in [-0.4, -0.2) is 49.2 Å². The highest BCUT2D eigenvalue weighted by atomic mass is 19.4. The highest BCUT2D eigenvalue weighted by molar-refractivity contribution is 6.03. The maximum absolute atomic E-state index is 14.7. The van der Waals surface area contributed by atoms with Gasteiger partial charge in [-0.15, -0.1) is 0 Å². The van der Waals surface area contributed by atoms with Crippen molar-refractivity contribution in [3.63, 3.8) is 0 Å². The number of hydrogen-bond donors (Lipinski definition) is 1. The van der Waals surface area contributed by atoms with Crippen molar-refractivity contribution in [1.29, 1.82) is 0 Å². The van der Waals surface area contributed by atoms with Crippen molar-refractivity contribution in [3.05, 3.63) is 47.6 Å². The normalized spacial score (nSPS) is 19.6. The Hall–Kier alpha value is -3.18. The third kappa shape index (κ3) is 5.00. The second-order valence-corrected chi connectivity index (χ2v) is 8.31. The van der Waals surface area contributed by atoms with Crippen molar-refractivity contribution >= 4 is 23.3 Å². The van der Waals surface area contributed by atoms with Gasteiger partial charge in [-0.05, 0) is 43.5 Å². The van der Waals surface area contributed by atoms with Gasteiger partial charge in [-0.3, -0.25) is 4.79 Å². The van der Waals surface area contributed by atoms with Gasteiger partial charge in [-0.25, -0.2) is 4.39 Å². The van der Waals surface area contributed by atoms with Crippen molar-refractivity contribution in [2.45, 2.75) is 43.8 Å². The molecular formula is C22H22F6N4O2. The number of amides is 1. The van der Waals surface area contributed by atoms with Crippen LogP contribution in [0, 0.1) is 5.82 Å². The van der Waals surface area contributed by atoms with Crippen LogP contribution < -0.4 is 15.1 Å². The molecular weight excluding hydrogens is 466 g/mol. The molecule has 12 heteroatoms. The third-order valence-electron chi connectivity index (χ3n) is 5.84. The Balaban J connectivity index is 1.54. The second kappa shape index (κ2) is 8.88. The second-order valence-electron chi connectivity index (χ2n) is 8.31. The van der Waals surface area contributed by atoms with E-state index in [9.17, 15) is 31.1 Å². The fourth-order valence-electron chi connectivity index (χ4n) is 4.13. The number of nitrogens with zero attached hydrogens (tertiary/aromatic N) is 3. The summed E-state index contributed by atoms with van der Waals surface area (Å²) in [5.41, 5.74) is -0.723. The van der Waals surface area contributed by atoms with E-state index in [-0.39, 0.29) is 23.8 Å². The Bertz CT molecular complexity index is 1090. The van der Waals surface area contributed by atoms with E-state index >= 15 is 0 Å². The zero-order valence-corrected chi connectivity index (χ0v) is 18.1. The first-order valence-electron chi connectivity index (χ1n) is 10.7. The van der Waals surface area contributed by atoms with Crippen molar-refractivity contribution in [2.24, 2.45) is 0 Å². The standard InChI is InChI=1S/C22H22F6N4O2/c1-31(17-5-4-8-21(17,24)25)15-7-6-13(11-14(15)23)29-19(33)18-16(12-22(26,27)28)34-20(30-18)32-9-2-3-10-32/h4,6-8,11,17H,2-3,5,9-10,12H2,1H3,(H,29,33). The van der Waals surface area contributed by atoms with E-state index in [1.54, 1.807) is 4.90 Å². The molecule has 0 radical (unpaired) electrons. The van der Waals surface area contributed by atoms with E-state index < -0.39 is 47.7 Å². The lowest BCUT2D eigenvalue weighted by Crippen LogP contribution is -2.42. The van der Waals surface area contributed by atoms with Gasteiger partial charge in [-0.1, -0.05) is 6.08 Å². The molecule has 1 aromatic heterocycles. The topological polar surface area (TPSA) is 61.6 Å². The van der Waals surface area contributed by atoms with E-state index in [1.165, 1.54) is 25.3 Å². The van der Waals surface area contributed by atoms with Crippen LogP contribution in [0.3, 0.4) is 0 Å². The molecule has 0 saturated carbocycles. The fraction of sp³-hybridized carbons (Fsp3) is 0.455.